The van der Waals surface area contributed by atoms with Gasteiger partial charge in [-0.3, -0.25) is 14.5 Å². The fourth-order valence-corrected chi connectivity index (χ4v) is 4.75. The topological polar surface area (TPSA) is 76.3 Å². The Balaban J connectivity index is 1.80. The van der Waals surface area contributed by atoms with Crippen LogP contribution < -0.4 is 10.3 Å². The first-order valence-electron chi connectivity index (χ1n) is 9.15. The molecule has 1 atom stereocenters. The van der Waals surface area contributed by atoms with Crippen LogP contribution in [0.3, 0.4) is 0 Å². The van der Waals surface area contributed by atoms with E-state index in [0.717, 1.165) is 9.48 Å². The van der Waals surface area contributed by atoms with Gasteiger partial charge in [-0.1, -0.05) is 46.3 Å². The summed E-state index contributed by atoms with van der Waals surface area (Å²) in [6.07, 6.45) is 0.670. The van der Waals surface area contributed by atoms with E-state index in [9.17, 15) is 14.0 Å². The van der Waals surface area contributed by atoms with Gasteiger partial charge in [0, 0.05) is 4.47 Å². The van der Waals surface area contributed by atoms with Crippen molar-refractivity contribution in [2.75, 3.05) is 4.90 Å². The number of fused-ring (bicyclic) bond motifs is 2. The molecular formula is C21H13BrFN3O3S. The predicted octanol–water partition coefficient (Wildman–Crippen LogP) is 4.86. The van der Waals surface area contributed by atoms with Crippen molar-refractivity contribution in [3.05, 3.63) is 84.9 Å². The smallest absolute Gasteiger partial charge is 0.297 e. The molecule has 5 rings (SSSR count). The van der Waals surface area contributed by atoms with E-state index in [0.29, 0.717) is 28.1 Å². The summed E-state index contributed by atoms with van der Waals surface area (Å²) in [6, 6.07) is 9.97. The van der Waals surface area contributed by atoms with Gasteiger partial charge in [0.15, 0.2) is 5.43 Å². The molecule has 9 heteroatoms. The molecule has 0 aliphatic carbocycles. The summed E-state index contributed by atoms with van der Waals surface area (Å²) in [5.74, 6) is -0.911. The van der Waals surface area contributed by atoms with Crippen LogP contribution in [-0.2, 0) is 6.42 Å². The lowest BCUT2D eigenvalue weighted by atomic mass is 9.99. The molecule has 0 bridgehead atoms. The lowest BCUT2D eigenvalue weighted by Crippen LogP contribution is -2.29. The summed E-state index contributed by atoms with van der Waals surface area (Å²) in [5, 5.41) is 9.75. The van der Waals surface area contributed by atoms with Crippen molar-refractivity contribution in [2.45, 2.75) is 19.4 Å². The molecule has 150 valence electrons. The monoisotopic (exact) mass is 485 g/mol. The number of hydrogen-bond acceptors (Lipinski definition) is 6. The minimum atomic E-state index is -0.787. The maximum absolute atomic E-state index is 13.6. The number of hydrogen-bond donors (Lipinski definition) is 0. The van der Waals surface area contributed by atoms with E-state index >= 15 is 0 Å². The van der Waals surface area contributed by atoms with E-state index in [1.54, 1.807) is 30.3 Å². The Hall–Kier alpha value is -2.91. The molecule has 1 amide bonds. The Bertz CT molecular complexity index is 1370. The fourth-order valence-electron chi connectivity index (χ4n) is 3.59. The zero-order chi connectivity index (χ0) is 21.0. The number of carbonyl (C=O) groups excluding carboxylic acids is 1. The van der Waals surface area contributed by atoms with Crippen molar-refractivity contribution in [2.24, 2.45) is 0 Å². The molecule has 2 aromatic heterocycles. The standard InChI is InChI=1S/C21H13BrFN3O3S/c1-2-15-24-25-21(30-15)26-17(10-3-6-12(23)7-4-10)16-18(27)13-9-11(22)5-8-14(13)29-19(16)20(26)28/h3-9,17H,2H2,1H3. The molecule has 30 heavy (non-hydrogen) atoms. The lowest BCUT2D eigenvalue weighted by molar-refractivity contribution is 0.0970. The average molecular weight is 486 g/mol. The Labute approximate surface area is 182 Å². The van der Waals surface area contributed by atoms with Crippen LogP contribution in [-0.4, -0.2) is 16.1 Å². The van der Waals surface area contributed by atoms with Crippen molar-refractivity contribution in [3.8, 4) is 0 Å². The molecule has 1 unspecified atom stereocenters. The molecule has 1 aliphatic heterocycles. The molecule has 0 radical (unpaired) electrons. The average Bonchev–Trinajstić information content (AvgIpc) is 3.32. The van der Waals surface area contributed by atoms with Crippen molar-refractivity contribution in [3.63, 3.8) is 0 Å². The Morgan fingerprint density at radius 2 is 1.93 bits per heavy atom. The number of anilines is 1. The molecular weight excluding hydrogens is 473 g/mol. The fraction of sp³-hybridized carbons (Fsp3) is 0.143. The van der Waals surface area contributed by atoms with E-state index in [2.05, 4.69) is 26.1 Å². The summed E-state index contributed by atoms with van der Waals surface area (Å²) in [5.41, 5.74) is 0.809. The van der Waals surface area contributed by atoms with Gasteiger partial charge in [0.25, 0.3) is 5.91 Å². The second-order valence-corrected chi connectivity index (χ2v) is 8.73. The minimum absolute atomic E-state index is 0.0302. The quantitative estimate of drug-likeness (QED) is 0.414. The summed E-state index contributed by atoms with van der Waals surface area (Å²) >= 11 is 4.65. The Morgan fingerprint density at radius 1 is 1.17 bits per heavy atom. The number of benzene rings is 2. The number of halogens is 2. The van der Waals surface area contributed by atoms with Gasteiger partial charge >= 0.3 is 0 Å². The predicted molar refractivity (Wildman–Crippen MR) is 115 cm³/mol. The third-order valence-corrected chi connectivity index (χ3v) is 6.54. The number of carbonyl (C=O) groups is 1. The largest absolute Gasteiger partial charge is 0.450 e. The summed E-state index contributed by atoms with van der Waals surface area (Å²) in [4.78, 5) is 28.2. The number of nitrogens with zero attached hydrogens (tertiary/aromatic N) is 3. The first kappa shape index (κ1) is 19.1. The normalized spacial score (nSPS) is 15.8. The Morgan fingerprint density at radius 3 is 2.63 bits per heavy atom. The zero-order valence-electron chi connectivity index (χ0n) is 15.6. The molecule has 3 heterocycles. The molecule has 0 fully saturated rings. The van der Waals surface area contributed by atoms with E-state index in [-0.39, 0.29) is 16.8 Å². The van der Waals surface area contributed by atoms with Gasteiger partial charge in [0.1, 0.15) is 16.4 Å². The van der Waals surface area contributed by atoms with Crippen LogP contribution in [0.5, 0.6) is 0 Å². The summed E-state index contributed by atoms with van der Waals surface area (Å²) < 4.78 is 20.2. The number of aryl methyl sites for hydroxylation is 1. The van der Waals surface area contributed by atoms with Crippen LogP contribution in [0.15, 0.2) is 56.1 Å². The van der Waals surface area contributed by atoms with Gasteiger partial charge in [-0.15, -0.1) is 10.2 Å². The molecule has 0 saturated carbocycles. The third-order valence-electron chi connectivity index (χ3n) is 4.98. The van der Waals surface area contributed by atoms with Crippen molar-refractivity contribution < 1.29 is 13.6 Å². The maximum atomic E-state index is 13.6. The van der Waals surface area contributed by atoms with E-state index in [1.165, 1.54) is 28.4 Å². The highest BCUT2D eigenvalue weighted by atomic mass is 79.9. The van der Waals surface area contributed by atoms with Gasteiger partial charge in [0.05, 0.1) is 17.0 Å². The first-order chi connectivity index (χ1) is 14.5. The molecule has 1 aliphatic rings. The van der Waals surface area contributed by atoms with Crippen molar-refractivity contribution in [1.82, 2.24) is 10.2 Å². The minimum Gasteiger partial charge on any atom is -0.450 e. The van der Waals surface area contributed by atoms with Gasteiger partial charge < -0.3 is 4.42 Å². The first-order valence-corrected chi connectivity index (χ1v) is 10.8. The molecule has 4 aromatic rings. The lowest BCUT2D eigenvalue weighted by Gasteiger charge is -2.22. The van der Waals surface area contributed by atoms with Gasteiger partial charge in [-0.25, -0.2) is 4.39 Å². The van der Waals surface area contributed by atoms with E-state index in [1.807, 2.05) is 6.92 Å². The Kier molecular flexibility index (Phi) is 4.52. The van der Waals surface area contributed by atoms with Crippen LogP contribution in [0.25, 0.3) is 11.0 Å². The SMILES string of the molecule is CCc1nnc(N2C(=O)c3oc4ccc(Br)cc4c(=O)c3C2c2ccc(F)cc2)s1. The highest BCUT2D eigenvalue weighted by Crippen LogP contribution is 2.42. The van der Waals surface area contributed by atoms with Crippen LogP contribution >= 0.6 is 27.3 Å². The molecule has 2 aromatic carbocycles. The zero-order valence-corrected chi connectivity index (χ0v) is 18.0. The third kappa shape index (κ3) is 2.88. The molecule has 0 N–H and O–H groups in total. The second-order valence-electron chi connectivity index (χ2n) is 6.78. The number of amides is 1. The molecule has 0 spiro atoms. The van der Waals surface area contributed by atoms with Crippen LogP contribution in [0.4, 0.5) is 9.52 Å². The van der Waals surface area contributed by atoms with Crippen LogP contribution in [0, 0.1) is 5.82 Å². The maximum Gasteiger partial charge on any atom is 0.297 e. The highest BCUT2D eigenvalue weighted by molar-refractivity contribution is 9.10. The van der Waals surface area contributed by atoms with Crippen LogP contribution in [0.1, 0.15) is 39.7 Å². The van der Waals surface area contributed by atoms with Crippen molar-refractivity contribution >= 4 is 49.3 Å². The van der Waals surface area contributed by atoms with E-state index in [4.69, 9.17) is 4.42 Å². The van der Waals surface area contributed by atoms with E-state index < -0.39 is 17.8 Å². The number of rotatable bonds is 3. The highest BCUT2D eigenvalue weighted by Gasteiger charge is 2.45. The summed E-state index contributed by atoms with van der Waals surface area (Å²) in [6.45, 7) is 1.94. The van der Waals surface area contributed by atoms with Gasteiger partial charge in [-0.2, -0.15) is 0 Å². The summed E-state index contributed by atoms with van der Waals surface area (Å²) in [7, 11) is 0. The van der Waals surface area contributed by atoms with Crippen LogP contribution in [0.2, 0.25) is 0 Å². The second kappa shape index (κ2) is 7.10. The number of aromatic nitrogens is 2. The van der Waals surface area contributed by atoms with Gasteiger partial charge in [0.2, 0.25) is 10.9 Å². The molecule has 0 saturated heterocycles. The molecule has 6 nitrogen and oxygen atoms in total. The van der Waals surface area contributed by atoms with Gasteiger partial charge in [-0.05, 0) is 42.3 Å². The van der Waals surface area contributed by atoms with Crippen molar-refractivity contribution in [1.29, 1.82) is 0 Å².